The quantitative estimate of drug-likeness (QED) is 0.132. The monoisotopic (exact) mass is 472 g/mol. The Morgan fingerprint density at radius 2 is 1.68 bits per heavy atom. The molecule has 150 valence electrons. The van der Waals surface area contributed by atoms with Crippen molar-refractivity contribution in [1.82, 2.24) is 15.5 Å². The van der Waals surface area contributed by atoms with Gasteiger partial charge in [0.25, 0.3) is 0 Å². The second-order valence-electron chi connectivity index (χ2n) is 5.82. The molecule has 0 amide bonds. The molecule has 0 unspecified atom stereocenters. The predicted octanol–water partition coefficient (Wildman–Crippen LogP) is 1.86. The Morgan fingerprint density at radius 1 is 1.00 bits per heavy atom. The molecule has 25 heavy (non-hydrogen) atoms. The van der Waals surface area contributed by atoms with Gasteiger partial charge in [-0.05, 0) is 26.3 Å². The summed E-state index contributed by atoms with van der Waals surface area (Å²) in [7, 11) is 7.06. The summed E-state index contributed by atoms with van der Waals surface area (Å²) in [6.45, 7) is 4.57. The van der Waals surface area contributed by atoms with E-state index in [2.05, 4.69) is 32.3 Å². The van der Waals surface area contributed by atoms with E-state index in [9.17, 15) is 4.79 Å². The molecule has 0 heterocycles. The minimum Gasteiger partial charge on any atom is -0.469 e. The molecule has 0 aliphatic carbocycles. The number of unbranched alkanes of at least 4 members (excludes halogenated alkanes) is 3. The highest BCUT2D eigenvalue weighted by molar-refractivity contribution is 14.0. The number of nitrogens with one attached hydrogen (secondary N) is 2. The molecule has 0 aliphatic heterocycles. The van der Waals surface area contributed by atoms with Gasteiger partial charge in [-0.1, -0.05) is 12.8 Å². The molecule has 8 heteroatoms. The van der Waals surface area contributed by atoms with E-state index in [1.807, 2.05) is 0 Å². The van der Waals surface area contributed by atoms with Gasteiger partial charge in [-0.3, -0.25) is 9.79 Å². The van der Waals surface area contributed by atoms with Crippen LogP contribution in [0.25, 0.3) is 0 Å². The van der Waals surface area contributed by atoms with E-state index in [0.717, 1.165) is 70.8 Å². The molecule has 0 aromatic heterocycles. The third-order valence-electron chi connectivity index (χ3n) is 3.73. The van der Waals surface area contributed by atoms with Gasteiger partial charge in [-0.15, -0.1) is 24.0 Å². The van der Waals surface area contributed by atoms with Crippen molar-refractivity contribution in [2.75, 3.05) is 61.1 Å². The molecule has 0 saturated carbocycles. The molecule has 0 fully saturated rings. The Kier molecular flexibility index (Phi) is 21.0. The van der Waals surface area contributed by atoms with E-state index < -0.39 is 0 Å². The van der Waals surface area contributed by atoms with Crippen LogP contribution in [-0.4, -0.2) is 77.9 Å². The number of ether oxygens (including phenoxy) is 2. The van der Waals surface area contributed by atoms with Crippen molar-refractivity contribution in [1.29, 1.82) is 0 Å². The zero-order chi connectivity index (χ0) is 18.0. The summed E-state index contributed by atoms with van der Waals surface area (Å²) in [6, 6.07) is 0. The number of aliphatic imine (C=N–C) groups is 1. The first-order chi connectivity index (χ1) is 11.6. The highest BCUT2D eigenvalue weighted by Gasteiger charge is 2.01. The van der Waals surface area contributed by atoms with Crippen molar-refractivity contribution in [3.63, 3.8) is 0 Å². The second-order valence-corrected chi connectivity index (χ2v) is 5.82. The third-order valence-corrected chi connectivity index (χ3v) is 3.73. The van der Waals surface area contributed by atoms with Gasteiger partial charge >= 0.3 is 5.97 Å². The van der Waals surface area contributed by atoms with Crippen LogP contribution in [0.1, 0.15) is 38.5 Å². The number of esters is 1. The van der Waals surface area contributed by atoms with Gasteiger partial charge in [-0.2, -0.15) is 0 Å². The van der Waals surface area contributed by atoms with Crippen molar-refractivity contribution in [3.05, 3.63) is 0 Å². The smallest absolute Gasteiger partial charge is 0.305 e. The van der Waals surface area contributed by atoms with Crippen LogP contribution in [0.3, 0.4) is 0 Å². The largest absolute Gasteiger partial charge is 0.469 e. The fraction of sp³-hybridized carbons (Fsp3) is 0.882. The van der Waals surface area contributed by atoms with Gasteiger partial charge in [0.2, 0.25) is 0 Å². The number of halogens is 1. The molecule has 7 nitrogen and oxygen atoms in total. The average molecular weight is 472 g/mol. The van der Waals surface area contributed by atoms with Gasteiger partial charge in [0.05, 0.1) is 7.11 Å². The molecule has 0 rings (SSSR count). The summed E-state index contributed by atoms with van der Waals surface area (Å²) in [5.74, 6) is 0.722. The summed E-state index contributed by atoms with van der Waals surface area (Å²) >= 11 is 0. The van der Waals surface area contributed by atoms with E-state index in [1.165, 1.54) is 7.11 Å². The fourth-order valence-electron chi connectivity index (χ4n) is 2.23. The summed E-state index contributed by atoms with van der Waals surface area (Å²) in [5, 5.41) is 6.64. The van der Waals surface area contributed by atoms with Crippen LogP contribution in [-0.2, 0) is 14.3 Å². The summed E-state index contributed by atoms with van der Waals surface area (Å²) in [4.78, 5) is 17.5. The minimum absolute atomic E-state index is 0. The Hall–Kier alpha value is -0.610. The van der Waals surface area contributed by atoms with E-state index in [0.29, 0.717) is 6.42 Å². The van der Waals surface area contributed by atoms with Crippen LogP contribution in [0.2, 0.25) is 0 Å². The third kappa shape index (κ3) is 18.0. The molecule has 0 aromatic rings. The normalized spacial score (nSPS) is 11.2. The first-order valence-electron chi connectivity index (χ1n) is 8.82. The van der Waals surface area contributed by atoms with Gasteiger partial charge in [-0.25, -0.2) is 0 Å². The molecule has 0 aliphatic rings. The number of carbonyl (C=O) groups is 1. The van der Waals surface area contributed by atoms with Crippen molar-refractivity contribution >= 4 is 35.9 Å². The van der Waals surface area contributed by atoms with Crippen molar-refractivity contribution in [2.24, 2.45) is 4.99 Å². The fourth-order valence-corrected chi connectivity index (χ4v) is 2.23. The second kappa shape index (κ2) is 19.7. The Balaban J connectivity index is 0. The molecule has 0 radical (unpaired) electrons. The predicted molar refractivity (Wildman–Crippen MR) is 114 cm³/mol. The first-order valence-corrected chi connectivity index (χ1v) is 8.82. The molecular formula is C17H37IN4O3. The molecule has 0 bridgehead atoms. The number of guanidine groups is 1. The van der Waals surface area contributed by atoms with Crippen molar-refractivity contribution < 1.29 is 14.3 Å². The molecular weight excluding hydrogens is 435 g/mol. The van der Waals surface area contributed by atoms with Crippen LogP contribution in [0, 0.1) is 0 Å². The van der Waals surface area contributed by atoms with Crippen LogP contribution >= 0.6 is 24.0 Å². The van der Waals surface area contributed by atoms with E-state index in [-0.39, 0.29) is 29.9 Å². The van der Waals surface area contributed by atoms with Crippen LogP contribution in [0.5, 0.6) is 0 Å². The number of methoxy groups -OCH3 is 2. The van der Waals surface area contributed by atoms with Crippen LogP contribution in [0.15, 0.2) is 4.99 Å². The van der Waals surface area contributed by atoms with Crippen LogP contribution < -0.4 is 10.6 Å². The minimum atomic E-state index is -0.120. The lowest BCUT2D eigenvalue weighted by atomic mass is 10.1. The van der Waals surface area contributed by atoms with Gasteiger partial charge < -0.3 is 25.0 Å². The highest BCUT2D eigenvalue weighted by atomic mass is 127. The van der Waals surface area contributed by atoms with E-state index in [1.54, 1.807) is 14.2 Å². The molecule has 0 saturated heterocycles. The molecule has 0 spiro atoms. The SMILES string of the molecule is CN=C(NCCCCCCC(=O)OC)NCCN(C)CCCOC.I. The number of hydrogen-bond donors (Lipinski definition) is 2. The van der Waals surface area contributed by atoms with Crippen molar-refractivity contribution in [3.8, 4) is 0 Å². The first kappa shape index (κ1) is 26.6. The van der Waals surface area contributed by atoms with E-state index in [4.69, 9.17) is 4.74 Å². The number of rotatable bonds is 14. The van der Waals surface area contributed by atoms with Crippen molar-refractivity contribution in [2.45, 2.75) is 38.5 Å². The average Bonchev–Trinajstić information content (AvgIpc) is 2.59. The lowest BCUT2D eigenvalue weighted by molar-refractivity contribution is -0.140. The van der Waals surface area contributed by atoms with Gasteiger partial charge in [0.1, 0.15) is 0 Å². The maximum Gasteiger partial charge on any atom is 0.305 e. The number of hydrogen-bond acceptors (Lipinski definition) is 5. The highest BCUT2D eigenvalue weighted by Crippen LogP contribution is 2.03. The molecule has 2 N–H and O–H groups in total. The van der Waals surface area contributed by atoms with E-state index >= 15 is 0 Å². The molecule has 0 aromatic carbocycles. The van der Waals surface area contributed by atoms with Gasteiger partial charge in [0, 0.05) is 53.4 Å². The summed E-state index contributed by atoms with van der Waals surface area (Å²) < 4.78 is 9.68. The number of carbonyl (C=O) groups excluding carboxylic acids is 1. The Labute approximate surface area is 170 Å². The maximum absolute atomic E-state index is 11.0. The summed E-state index contributed by atoms with van der Waals surface area (Å²) in [5.41, 5.74) is 0. The maximum atomic E-state index is 11.0. The topological polar surface area (TPSA) is 75.2 Å². The Bertz CT molecular complexity index is 344. The number of nitrogens with zero attached hydrogens (tertiary/aromatic N) is 2. The van der Waals surface area contributed by atoms with Crippen LogP contribution in [0.4, 0.5) is 0 Å². The number of likely N-dealkylation sites (N-methyl/N-ethyl adjacent to an activating group) is 1. The van der Waals surface area contributed by atoms with Gasteiger partial charge in [0.15, 0.2) is 5.96 Å². The zero-order valence-corrected chi connectivity index (χ0v) is 18.6. The zero-order valence-electron chi connectivity index (χ0n) is 16.3. The summed E-state index contributed by atoms with van der Waals surface area (Å²) in [6.07, 6.45) is 5.69. The Morgan fingerprint density at radius 3 is 2.32 bits per heavy atom. The molecule has 0 atom stereocenters. The standard InChI is InChI=1S/C17H36N4O3.HI/c1-18-17(20-12-14-21(2)13-9-15-23-3)19-11-8-6-5-7-10-16(22)24-4;/h5-15H2,1-4H3,(H2,18,19,20);1H. The lowest BCUT2D eigenvalue weighted by Crippen LogP contribution is -2.41. The lowest BCUT2D eigenvalue weighted by Gasteiger charge is -2.18.